The van der Waals surface area contributed by atoms with E-state index in [0.29, 0.717) is 11.7 Å². The summed E-state index contributed by atoms with van der Waals surface area (Å²) in [4.78, 5) is 24.1. The molecule has 0 aromatic heterocycles. The first kappa shape index (κ1) is 18.7. The van der Waals surface area contributed by atoms with E-state index in [0.717, 1.165) is 10.8 Å². The van der Waals surface area contributed by atoms with Gasteiger partial charge in [0.15, 0.2) is 6.73 Å². The second-order valence-electron chi connectivity index (χ2n) is 7.49. The van der Waals surface area contributed by atoms with E-state index in [1.54, 1.807) is 0 Å². The zero-order valence-corrected chi connectivity index (χ0v) is 15.7. The van der Waals surface area contributed by atoms with E-state index in [9.17, 15) is 9.59 Å². The summed E-state index contributed by atoms with van der Waals surface area (Å²) in [6.07, 6.45) is 13.2. The Morgan fingerprint density at radius 3 is 2.23 bits per heavy atom. The highest BCUT2D eigenvalue weighted by atomic mass is 16.5. The molecule has 4 heteroatoms. The molecule has 140 valence electrons. The van der Waals surface area contributed by atoms with Crippen molar-refractivity contribution in [1.29, 1.82) is 0 Å². The van der Waals surface area contributed by atoms with E-state index in [4.69, 9.17) is 4.74 Å². The van der Waals surface area contributed by atoms with Gasteiger partial charge in [-0.3, -0.25) is 9.59 Å². The fourth-order valence-corrected chi connectivity index (χ4v) is 4.00. The van der Waals surface area contributed by atoms with Crippen molar-refractivity contribution in [3.8, 4) is 5.75 Å². The van der Waals surface area contributed by atoms with Crippen LogP contribution in [-0.4, -0.2) is 23.4 Å². The van der Waals surface area contributed by atoms with Crippen LogP contribution in [0, 0.1) is 5.92 Å². The number of imide groups is 1. The standard InChI is InChI=1S/C22H29NO3/c1-2-3-4-5-17-6-8-18(9-7-17)19-10-12-20(13-11-19)26-16-23-21(24)14-15-22(23)25/h10-15,17-18H,2-9,16H2,1H3. The number of carbonyl (C=O) groups excluding carboxylic acids is 2. The first-order chi connectivity index (χ1) is 12.7. The van der Waals surface area contributed by atoms with Gasteiger partial charge < -0.3 is 4.74 Å². The van der Waals surface area contributed by atoms with Gasteiger partial charge in [0, 0.05) is 12.2 Å². The Balaban J connectivity index is 1.45. The molecular formula is C22H29NO3. The van der Waals surface area contributed by atoms with Gasteiger partial charge in [-0.2, -0.15) is 0 Å². The van der Waals surface area contributed by atoms with Crippen LogP contribution >= 0.6 is 0 Å². The van der Waals surface area contributed by atoms with Crippen molar-refractivity contribution in [1.82, 2.24) is 4.90 Å². The van der Waals surface area contributed by atoms with E-state index >= 15 is 0 Å². The number of ether oxygens (including phenoxy) is 1. The van der Waals surface area contributed by atoms with E-state index in [1.165, 1.54) is 69.1 Å². The van der Waals surface area contributed by atoms with Crippen LogP contribution in [0.25, 0.3) is 0 Å². The topological polar surface area (TPSA) is 46.6 Å². The highest BCUT2D eigenvalue weighted by molar-refractivity contribution is 6.12. The van der Waals surface area contributed by atoms with Crippen molar-refractivity contribution in [3.63, 3.8) is 0 Å². The van der Waals surface area contributed by atoms with Crippen LogP contribution < -0.4 is 4.74 Å². The lowest BCUT2D eigenvalue weighted by molar-refractivity contribution is -0.140. The Kier molecular flexibility index (Phi) is 6.48. The monoisotopic (exact) mass is 355 g/mol. The van der Waals surface area contributed by atoms with Crippen LogP contribution in [0.3, 0.4) is 0 Å². The SMILES string of the molecule is CCCCCC1CCC(c2ccc(OCN3C(=O)C=CC3=O)cc2)CC1. The number of benzene rings is 1. The molecule has 0 saturated heterocycles. The van der Waals surface area contributed by atoms with Gasteiger partial charge in [0.1, 0.15) is 5.75 Å². The summed E-state index contributed by atoms with van der Waals surface area (Å²) in [5.74, 6) is 1.63. The van der Waals surface area contributed by atoms with Crippen LogP contribution in [-0.2, 0) is 9.59 Å². The normalized spacial score (nSPS) is 22.9. The van der Waals surface area contributed by atoms with Gasteiger partial charge in [0.25, 0.3) is 11.8 Å². The van der Waals surface area contributed by atoms with Crippen LogP contribution in [0.4, 0.5) is 0 Å². The maximum Gasteiger partial charge on any atom is 0.256 e. The zero-order chi connectivity index (χ0) is 18.4. The molecule has 1 aromatic rings. The number of carbonyl (C=O) groups is 2. The van der Waals surface area contributed by atoms with Gasteiger partial charge in [-0.05, 0) is 55.2 Å². The Bertz CT molecular complexity index is 624. The average Bonchev–Trinajstić information content (AvgIpc) is 2.99. The molecule has 0 N–H and O–H groups in total. The lowest BCUT2D eigenvalue weighted by atomic mass is 9.77. The van der Waals surface area contributed by atoms with Gasteiger partial charge in [-0.15, -0.1) is 0 Å². The zero-order valence-electron chi connectivity index (χ0n) is 15.7. The smallest absolute Gasteiger partial charge is 0.256 e. The number of unbranched alkanes of at least 4 members (excludes halogenated alkanes) is 2. The predicted molar refractivity (Wildman–Crippen MR) is 102 cm³/mol. The first-order valence-corrected chi connectivity index (χ1v) is 9.93. The molecule has 1 fully saturated rings. The minimum Gasteiger partial charge on any atom is -0.473 e. The van der Waals surface area contributed by atoms with Crippen molar-refractivity contribution < 1.29 is 14.3 Å². The van der Waals surface area contributed by atoms with Crippen molar-refractivity contribution in [2.45, 2.75) is 64.2 Å². The maximum absolute atomic E-state index is 11.5. The van der Waals surface area contributed by atoms with Crippen LogP contribution in [0.1, 0.15) is 69.8 Å². The lowest BCUT2D eigenvalue weighted by Crippen LogP contribution is -2.33. The molecule has 2 aliphatic rings. The molecule has 2 amide bonds. The second-order valence-corrected chi connectivity index (χ2v) is 7.49. The highest BCUT2D eigenvalue weighted by Gasteiger charge is 2.24. The molecule has 1 heterocycles. The predicted octanol–water partition coefficient (Wildman–Crippen LogP) is 4.80. The number of hydrogen-bond donors (Lipinski definition) is 0. The molecule has 1 aliphatic carbocycles. The quantitative estimate of drug-likeness (QED) is 0.497. The van der Waals surface area contributed by atoms with Gasteiger partial charge in [-0.25, -0.2) is 4.90 Å². The van der Waals surface area contributed by atoms with Gasteiger partial charge in [0.05, 0.1) is 0 Å². The molecule has 0 unspecified atom stereocenters. The minimum absolute atomic E-state index is 0.0348. The van der Waals surface area contributed by atoms with Gasteiger partial charge in [0.2, 0.25) is 0 Å². The fourth-order valence-electron chi connectivity index (χ4n) is 4.00. The van der Waals surface area contributed by atoms with Crippen LogP contribution in [0.2, 0.25) is 0 Å². The minimum atomic E-state index is -0.317. The van der Waals surface area contributed by atoms with E-state index in [1.807, 2.05) is 12.1 Å². The molecule has 26 heavy (non-hydrogen) atoms. The fraction of sp³-hybridized carbons (Fsp3) is 0.545. The summed E-state index contributed by atoms with van der Waals surface area (Å²) in [7, 11) is 0. The molecule has 3 rings (SSSR count). The second kappa shape index (κ2) is 9.02. The summed E-state index contributed by atoms with van der Waals surface area (Å²) in [6.45, 7) is 2.23. The summed E-state index contributed by atoms with van der Waals surface area (Å²) >= 11 is 0. The van der Waals surface area contributed by atoms with Crippen molar-refractivity contribution >= 4 is 11.8 Å². The van der Waals surface area contributed by atoms with Crippen molar-refractivity contribution in [3.05, 3.63) is 42.0 Å². The van der Waals surface area contributed by atoms with Crippen molar-refractivity contribution in [2.75, 3.05) is 6.73 Å². The molecule has 1 aliphatic heterocycles. The molecular weight excluding hydrogens is 326 g/mol. The Morgan fingerprint density at radius 2 is 1.62 bits per heavy atom. The Labute approximate surface area is 156 Å². The van der Waals surface area contributed by atoms with Crippen LogP contribution in [0.15, 0.2) is 36.4 Å². The van der Waals surface area contributed by atoms with E-state index < -0.39 is 0 Å². The summed E-state index contributed by atoms with van der Waals surface area (Å²) in [5.41, 5.74) is 1.37. The Morgan fingerprint density at radius 1 is 0.962 bits per heavy atom. The first-order valence-electron chi connectivity index (χ1n) is 9.93. The third-order valence-corrected chi connectivity index (χ3v) is 5.68. The molecule has 0 spiro atoms. The average molecular weight is 355 g/mol. The number of hydrogen-bond acceptors (Lipinski definition) is 3. The summed E-state index contributed by atoms with van der Waals surface area (Å²) < 4.78 is 5.59. The molecule has 4 nitrogen and oxygen atoms in total. The molecule has 0 bridgehead atoms. The largest absolute Gasteiger partial charge is 0.473 e. The summed E-state index contributed by atoms with van der Waals surface area (Å²) in [5, 5.41) is 0. The Hall–Kier alpha value is -2.10. The van der Waals surface area contributed by atoms with Crippen molar-refractivity contribution in [2.24, 2.45) is 5.92 Å². The third-order valence-electron chi connectivity index (χ3n) is 5.68. The van der Waals surface area contributed by atoms with Gasteiger partial charge in [-0.1, -0.05) is 44.7 Å². The summed E-state index contributed by atoms with van der Waals surface area (Å²) in [6, 6.07) is 8.15. The molecule has 0 atom stereocenters. The third kappa shape index (κ3) is 4.75. The van der Waals surface area contributed by atoms with E-state index in [2.05, 4.69) is 19.1 Å². The molecule has 1 saturated carbocycles. The van der Waals surface area contributed by atoms with E-state index in [-0.39, 0.29) is 18.5 Å². The highest BCUT2D eigenvalue weighted by Crippen LogP contribution is 2.38. The molecule has 1 aromatic carbocycles. The maximum atomic E-state index is 11.5. The number of nitrogens with zero attached hydrogens (tertiary/aromatic N) is 1. The van der Waals surface area contributed by atoms with Crippen LogP contribution in [0.5, 0.6) is 5.75 Å². The number of amides is 2. The lowest BCUT2D eigenvalue weighted by Gasteiger charge is -2.29. The van der Waals surface area contributed by atoms with Gasteiger partial charge >= 0.3 is 0 Å². The number of rotatable bonds is 8. The molecule has 0 radical (unpaired) electrons.